The Morgan fingerprint density at radius 1 is 0.175 bits per heavy atom. The van der Waals surface area contributed by atoms with Gasteiger partial charge in [-0.25, -0.2) is 0 Å². The normalized spacial score (nSPS) is 5.67. The van der Waals surface area contributed by atoms with Gasteiger partial charge in [-0.05, 0) is 152 Å². The molecule has 0 amide bonds. The van der Waals surface area contributed by atoms with E-state index >= 15 is 0 Å². The maximum absolute atomic E-state index is 8.89. The average Bonchev–Trinajstić information content (AvgIpc) is 3.06. The van der Waals surface area contributed by atoms with Gasteiger partial charge >= 0.3 is 210 Å². The summed E-state index contributed by atoms with van der Waals surface area (Å²) >= 11 is 0. The molecule has 97 heavy (non-hydrogen) atoms. The molecule has 2 radical (unpaired) electrons. The number of carbonyl (C=O) groups excluding carboxylic acids is 22. The van der Waals surface area contributed by atoms with Crippen molar-refractivity contribution in [1.82, 2.24) is 0 Å². The summed E-state index contributed by atoms with van der Waals surface area (Å²) in [5.41, 5.74) is 0. The molecule has 0 bridgehead atoms. The van der Waals surface area contributed by atoms with E-state index in [1.165, 1.54) is 0 Å². The number of hydrogen-bond acceptors (Lipinski definition) is 44. The van der Waals surface area contributed by atoms with E-state index in [2.05, 4.69) is 0 Å². The Kier molecular flexibility index (Phi) is 418. The van der Waals surface area contributed by atoms with Gasteiger partial charge in [0.25, 0.3) is 0 Å². The number of carboxylic acid groups (broad SMARTS) is 22. The monoisotopic (exact) mass is 2070 g/mol. The van der Waals surface area contributed by atoms with E-state index in [0.29, 0.717) is 0 Å². The maximum Gasteiger partial charge on any atom is 4.00 e. The molecule has 0 fully saturated rings. The second-order valence-corrected chi connectivity index (χ2v) is 10.8. The van der Waals surface area contributed by atoms with Gasteiger partial charge in [0.2, 0.25) is 0 Å². The van der Waals surface area contributed by atoms with Crippen molar-refractivity contribution in [2.24, 2.45) is 0 Å². The first-order chi connectivity index (χ1) is 38.1. The quantitative estimate of drug-likeness (QED) is 0.203. The van der Waals surface area contributed by atoms with Crippen molar-refractivity contribution in [3.8, 4) is 0 Å². The molecule has 0 atom stereocenters. The molecular formula is C44H66AuCoFeKMgNiO44PdReTi. The van der Waals surface area contributed by atoms with Gasteiger partial charge < -0.3 is 218 Å². The SMILES string of the molecule is CC(=O)[O-].CC(=O)[O-].CC(=O)[O-].CC(=O)[O-].CC(=O)[O-].CC(=O)[O-].CC(=O)[O-].CC(=O)[O-].CC(=O)[O-].CC(=O)[O-].CC(=O)[O-].CC(=O)[O-].CC(=O)[O-].CC(=O)[O-].CC(=O)[O-].CC(=O)[O-].CC(=O)[O-].CC(=O)[O-].CC(=O)[O-].CC(=O)[O-].CC(=O)[O-].CC(=O)[O-].[Au+3].[Co+2].[Fe+2].[K+].[Mg+2].[Ni+2].[Pd+2].[Re+4].[Ti+4]. The van der Waals surface area contributed by atoms with E-state index in [1.54, 1.807) is 0 Å². The number of aliphatic carboxylic acids is 22. The Bertz CT molecular complexity index is 1250. The summed E-state index contributed by atoms with van der Waals surface area (Å²) in [7, 11) is 0. The van der Waals surface area contributed by atoms with Crippen molar-refractivity contribution in [1.29, 1.82) is 0 Å². The van der Waals surface area contributed by atoms with E-state index in [1.807, 2.05) is 0 Å². The minimum atomic E-state index is -1.08. The van der Waals surface area contributed by atoms with E-state index in [9.17, 15) is 0 Å². The molecule has 0 aromatic rings. The van der Waals surface area contributed by atoms with Crippen LogP contribution in [-0.2, 0) is 241 Å². The van der Waals surface area contributed by atoms with Gasteiger partial charge in [0.05, 0.1) is 0 Å². The van der Waals surface area contributed by atoms with Crippen LogP contribution < -0.4 is 164 Å². The fraction of sp³-hybridized carbons (Fsp3) is 0.500. The summed E-state index contributed by atoms with van der Waals surface area (Å²) in [6, 6.07) is 0. The van der Waals surface area contributed by atoms with Crippen LogP contribution in [-0.4, -0.2) is 154 Å². The Morgan fingerprint density at radius 2 is 0.175 bits per heavy atom. The summed E-state index contributed by atoms with van der Waals surface area (Å²) < 4.78 is 0. The molecule has 0 spiro atoms. The summed E-state index contributed by atoms with van der Waals surface area (Å²) in [6.07, 6.45) is 0. The Labute approximate surface area is 703 Å². The molecule has 0 aromatic carbocycles. The van der Waals surface area contributed by atoms with Crippen LogP contribution in [0.15, 0.2) is 0 Å². The fourth-order valence-corrected chi connectivity index (χ4v) is 0. The largest absolute Gasteiger partial charge is 4.00 e. The van der Waals surface area contributed by atoms with Crippen molar-refractivity contribution in [3.63, 3.8) is 0 Å². The zero-order valence-corrected chi connectivity index (χ0v) is 70.8. The smallest absolute Gasteiger partial charge is 0.550 e. The van der Waals surface area contributed by atoms with E-state index in [4.69, 9.17) is 218 Å². The first kappa shape index (κ1) is 205. The van der Waals surface area contributed by atoms with Crippen molar-refractivity contribution in [2.75, 3.05) is 0 Å². The third-order valence-corrected chi connectivity index (χ3v) is 0. The van der Waals surface area contributed by atoms with Crippen molar-refractivity contribution in [3.05, 3.63) is 0 Å². The predicted octanol–water partition coefficient (Wildman–Crippen LogP) is -30.8. The van der Waals surface area contributed by atoms with Crippen LogP contribution >= 0.6 is 0 Å². The summed E-state index contributed by atoms with van der Waals surface area (Å²) in [5, 5.41) is 196. The van der Waals surface area contributed by atoms with E-state index in [0.717, 1.165) is 152 Å². The standard InChI is InChI=1S/22C2H4O2.Au.Co.Fe.K.Mg.Ni.Pd.Re.Ti/c22*1-2(3)4;;;;;;;;;/h22*1H3,(H,3,4);;;;;;;;;/q;;;;;;;;;;;;;;;;;;;;;;+3;2*+2;+1;3*+2;2*+4/p-22. The van der Waals surface area contributed by atoms with Gasteiger partial charge in [0, 0.05) is 131 Å². The molecule has 568 valence electrons. The summed E-state index contributed by atoms with van der Waals surface area (Å²) in [5.74, 6) is -23.8. The van der Waals surface area contributed by atoms with Crippen LogP contribution in [0.25, 0.3) is 0 Å². The topological polar surface area (TPSA) is 883 Å². The van der Waals surface area contributed by atoms with Crippen molar-refractivity contribution >= 4 is 154 Å². The van der Waals surface area contributed by atoms with Crippen molar-refractivity contribution < 1.29 is 404 Å². The molecule has 44 nitrogen and oxygen atoms in total. The molecule has 0 aliphatic heterocycles. The zero-order valence-electron chi connectivity index (χ0n) is 55.2. The average molecular weight is 2070 g/mol. The molecule has 0 aromatic heterocycles. The van der Waals surface area contributed by atoms with Gasteiger partial charge in [-0.15, -0.1) is 0 Å². The molecule has 0 saturated heterocycles. The third kappa shape index (κ3) is 29400. The molecule has 0 aliphatic rings. The van der Waals surface area contributed by atoms with E-state index in [-0.39, 0.29) is 210 Å². The minimum Gasteiger partial charge on any atom is -0.550 e. The van der Waals surface area contributed by atoms with E-state index < -0.39 is 131 Å². The van der Waals surface area contributed by atoms with Crippen LogP contribution in [0, 0.1) is 0 Å². The number of hydrogen-bond donors (Lipinski definition) is 0. The van der Waals surface area contributed by atoms with Crippen LogP contribution in [0.1, 0.15) is 152 Å². The first-order valence-electron chi connectivity index (χ1n) is 20.0. The summed E-state index contributed by atoms with van der Waals surface area (Å²) in [4.78, 5) is 196. The Balaban J connectivity index is -0.0000000162. The second kappa shape index (κ2) is 198. The zero-order chi connectivity index (χ0) is 78.7. The van der Waals surface area contributed by atoms with Crippen LogP contribution in [0.5, 0.6) is 0 Å². The van der Waals surface area contributed by atoms with Crippen LogP contribution in [0.4, 0.5) is 0 Å². The molecular weight excluding hydrogens is 2010 g/mol. The number of carboxylic acids is 22. The van der Waals surface area contributed by atoms with Gasteiger partial charge in [0.15, 0.2) is 0 Å². The molecule has 0 unspecified atom stereocenters. The minimum absolute atomic E-state index is 0. The molecule has 53 heteroatoms. The second-order valence-electron chi connectivity index (χ2n) is 10.8. The molecule has 0 aliphatic carbocycles. The Hall–Kier alpha value is -4.96. The fourth-order valence-electron chi connectivity index (χ4n) is 0. The summed E-state index contributed by atoms with van der Waals surface area (Å²) in [6.45, 7) is 21.4. The van der Waals surface area contributed by atoms with Crippen LogP contribution in [0.3, 0.4) is 0 Å². The molecule has 0 saturated carbocycles. The van der Waals surface area contributed by atoms with Crippen LogP contribution in [0.2, 0.25) is 0 Å². The third-order valence-electron chi connectivity index (χ3n) is 0. The molecule has 0 rings (SSSR count). The maximum atomic E-state index is 8.89. The predicted molar refractivity (Wildman–Crippen MR) is 241 cm³/mol. The Morgan fingerprint density at radius 3 is 0.175 bits per heavy atom. The molecule has 0 heterocycles. The van der Waals surface area contributed by atoms with Crippen molar-refractivity contribution in [2.45, 2.75) is 152 Å². The van der Waals surface area contributed by atoms with Gasteiger partial charge in [-0.3, -0.25) is 0 Å². The first-order valence-corrected chi connectivity index (χ1v) is 20.0. The van der Waals surface area contributed by atoms with Gasteiger partial charge in [-0.1, -0.05) is 0 Å². The number of carbonyl (C=O) groups is 22. The molecule has 0 N–H and O–H groups in total. The van der Waals surface area contributed by atoms with Gasteiger partial charge in [0.1, 0.15) is 0 Å². The van der Waals surface area contributed by atoms with Gasteiger partial charge in [-0.2, -0.15) is 0 Å². The number of rotatable bonds is 0.